The summed E-state index contributed by atoms with van der Waals surface area (Å²) < 4.78 is 5.19. The predicted octanol–water partition coefficient (Wildman–Crippen LogP) is 3.81. The number of phenols is 1. The number of hydrogen-bond acceptors (Lipinski definition) is 5. The number of hydrogen-bond donors (Lipinski definition) is 1. The molecule has 0 atom stereocenters. The normalized spacial score (nSPS) is 11.2. The van der Waals surface area contributed by atoms with Crippen molar-refractivity contribution in [2.75, 3.05) is 0 Å². The second kappa shape index (κ2) is 6.16. The molecule has 0 aliphatic heterocycles. The Kier molecular flexibility index (Phi) is 3.89. The minimum Gasteiger partial charge on any atom is -0.508 e. The molecule has 1 N–H and O–H groups in total. The lowest BCUT2D eigenvalue weighted by Gasteiger charge is -1.96. The molecule has 0 unspecified atom stereocenters. The average molecular weight is 303 g/mol. The number of allylic oxidation sites excluding steroid dienone is 1. The second-order valence-corrected chi connectivity index (χ2v) is 5.05. The number of nitrogens with zero attached hydrogens (tertiary/aromatic N) is 3. The van der Waals surface area contributed by atoms with Crippen LogP contribution in [0.2, 0.25) is 0 Å². The van der Waals surface area contributed by atoms with Crippen LogP contribution in [0.3, 0.4) is 0 Å². The standard InChI is InChI=1S/C18H13N3O2/c1-12-5-7-14(8-6-12)17-20-18(23-21-17)15(11-19)9-13-3-2-4-16(22)10-13/h2-10,22H,1H3/b15-9+. The van der Waals surface area contributed by atoms with Crippen molar-refractivity contribution < 1.29 is 9.63 Å². The Balaban J connectivity index is 1.94. The van der Waals surface area contributed by atoms with E-state index in [9.17, 15) is 10.4 Å². The third-order valence-corrected chi connectivity index (χ3v) is 3.27. The molecule has 0 saturated carbocycles. The molecule has 0 bridgehead atoms. The fourth-order valence-electron chi connectivity index (χ4n) is 2.08. The zero-order chi connectivity index (χ0) is 16.2. The summed E-state index contributed by atoms with van der Waals surface area (Å²) in [5.41, 5.74) is 2.87. The summed E-state index contributed by atoms with van der Waals surface area (Å²) in [5.74, 6) is 0.699. The van der Waals surface area contributed by atoms with Crippen LogP contribution in [-0.2, 0) is 0 Å². The molecule has 0 aliphatic rings. The molecule has 0 spiro atoms. The van der Waals surface area contributed by atoms with Crippen molar-refractivity contribution in [2.45, 2.75) is 6.92 Å². The lowest BCUT2D eigenvalue weighted by Crippen LogP contribution is -1.84. The second-order valence-electron chi connectivity index (χ2n) is 5.05. The maximum Gasteiger partial charge on any atom is 0.268 e. The third-order valence-electron chi connectivity index (χ3n) is 3.27. The van der Waals surface area contributed by atoms with Crippen LogP contribution in [-0.4, -0.2) is 15.2 Å². The fraction of sp³-hybridized carbons (Fsp3) is 0.0556. The molecule has 0 fully saturated rings. The Morgan fingerprint density at radius 2 is 2.00 bits per heavy atom. The van der Waals surface area contributed by atoms with Crippen molar-refractivity contribution in [1.82, 2.24) is 10.1 Å². The van der Waals surface area contributed by atoms with Crippen molar-refractivity contribution >= 4 is 11.6 Å². The number of aromatic nitrogens is 2. The van der Waals surface area contributed by atoms with Gasteiger partial charge in [-0.1, -0.05) is 47.1 Å². The number of aryl methyl sites for hydroxylation is 1. The van der Waals surface area contributed by atoms with Crippen LogP contribution in [0.4, 0.5) is 0 Å². The lowest BCUT2D eigenvalue weighted by molar-refractivity contribution is 0.409. The van der Waals surface area contributed by atoms with Gasteiger partial charge in [-0.15, -0.1) is 0 Å². The first kappa shape index (κ1) is 14.5. The van der Waals surface area contributed by atoms with Crippen LogP contribution >= 0.6 is 0 Å². The quantitative estimate of drug-likeness (QED) is 0.744. The van der Waals surface area contributed by atoms with Gasteiger partial charge in [0.15, 0.2) is 0 Å². The summed E-state index contributed by atoms with van der Waals surface area (Å²) >= 11 is 0. The van der Waals surface area contributed by atoms with E-state index < -0.39 is 0 Å². The molecular formula is C18H13N3O2. The van der Waals surface area contributed by atoms with Crippen molar-refractivity contribution in [2.24, 2.45) is 0 Å². The highest BCUT2D eigenvalue weighted by Crippen LogP contribution is 2.22. The maximum absolute atomic E-state index is 9.48. The maximum atomic E-state index is 9.48. The van der Waals surface area contributed by atoms with Gasteiger partial charge in [0.25, 0.3) is 5.89 Å². The first-order valence-corrected chi connectivity index (χ1v) is 6.97. The van der Waals surface area contributed by atoms with Gasteiger partial charge in [0, 0.05) is 5.56 Å². The van der Waals surface area contributed by atoms with Gasteiger partial charge in [-0.25, -0.2) is 0 Å². The van der Waals surface area contributed by atoms with Crippen LogP contribution in [0.15, 0.2) is 53.1 Å². The van der Waals surface area contributed by atoms with Gasteiger partial charge < -0.3 is 9.63 Å². The van der Waals surface area contributed by atoms with E-state index >= 15 is 0 Å². The van der Waals surface area contributed by atoms with Crippen molar-refractivity contribution in [3.63, 3.8) is 0 Å². The molecule has 3 aromatic rings. The Hall–Kier alpha value is -3.39. The third kappa shape index (κ3) is 3.27. The monoisotopic (exact) mass is 303 g/mol. The zero-order valence-electron chi connectivity index (χ0n) is 12.4. The summed E-state index contributed by atoms with van der Waals surface area (Å²) in [5, 5.41) is 22.7. The molecule has 0 amide bonds. The summed E-state index contributed by atoms with van der Waals surface area (Å²) in [4.78, 5) is 4.27. The van der Waals surface area contributed by atoms with Gasteiger partial charge in [0.2, 0.25) is 5.82 Å². The van der Waals surface area contributed by atoms with E-state index in [-0.39, 0.29) is 17.2 Å². The van der Waals surface area contributed by atoms with Gasteiger partial charge >= 0.3 is 0 Å². The average Bonchev–Trinajstić information content (AvgIpc) is 3.03. The SMILES string of the molecule is Cc1ccc(-c2noc(/C(C#N)=C/c3cccc(O)c3)n2)cc1. The molecular weight excluding hydrogens is 290 g/mol. The number of aromatic hydroxyl groups is 1. The molecule has 0 radical (unpaired) electrons. The number of nitriles is 1. The first-order valence-electron chi connectivity index (χ1n) is 6.97. The molecule has 5 heteroatoms. The molecule has 1 aromatic heterocycles. The van der Waals surface area contributed by atoms with Crippen LogP contribution < -0.4 is 0 Å². The summed E-state index contributed by atoms with van der Waals surface area (Å²) in [6.45, 7) is 2.00. The number of phenolic OH excluding ortho intramolecular Hbond substituents is 1. The molecule has 0 aliphatic carbocycles. The predicted molar refractivity (Wildman–Crippen MR) is 86.1 cm³/mol. The first-order chi connectivity index (χ1) is 11.2. The molecule has 5 nitrogen and oxygen atoms in total. The topological polar surface area (TPSA) is 82.9 Å². The van der Waals surface area contributed by atoms with Gasteiger partial charge in [0.05, 0.1) is 0 Å². The lowest BCUT2D eigenvalue weighted by atomic mass is 10.1. The van der Waals surface area contributed by atoms with Crippen LogP contribution in [0.25, 0.3) is 23.0 Å². The highest BCUT2D eigenvalue weighted by Gasteiger charge is 2.13. The molecule has 0 saturated heterocycles. The fourth-order valence-corrected chi connectivity index (χ4v) is 2.08. The minimum atomic E-state index is 0.127. The Bertz CT molecular complexity index is 903. The van der Waals surface area contributed by atoms with Crippen molar-refractivity contribution in [3.05, 3.63) is 65.5 Å². The van der Waals surface area contributed by atoms with E-state index in [1.807, 2.05) is 37.3 Å². The molecule has 23 heavy (non-hydrogen) atoms. The van der Waals surface area contributed by atoms with Crippen molar-refractivity contribution in [1.29, 1.82) is 5.26 Å². The smallest absolute Gasteiger partial charge is 0.268 e. The number of benzene rings is 2. The Labute approximate surface area is 133 Å². The molecule has 112 valence electrons. The Morgan fingerprint density at radius 1 is 1.22 bits per heavy atom. The molecule has 2 aromatic carbocycles. The van der Waals surface area contributed by atoms with E-state index in [0.29, 0.717) is 11.4 Å². The summed E-state index contributed by atoms with van der Waals surface area (Å²) in [6.07, 6.45) is 1.59. The zero-order valence-corrected chi connectivity index (χ0v) is 12.4. The molecule has 1 heterocycles. The van der Waals surface area contributed by atoms with Crippen LogP contribution in [0.1, 0.15) is 17.0 Å². The van der Waals surface area contributed by atoms with Gasteiger partial charge in [0.1, 0.15) is 17.4 Å². The van der Waals surface area contributed by atoms with E-state index in [1.54, 1.807) is 30.3 Å². The van der Waals surface area contributed by atoms with Gasteiger partial charge in [-0.05, 0) is 30.7 Å². The van der Waals surface area contributed by atoms with E-state index in [2.05, 4.69) is 10.1 Å². The minimum absolute atomic E-state index is 0.127. The summed E-state index contributed by atoms with van der Waals surface area (Å²) in [6, 6.07) is 16.3. The van der Waals surface area contributed by atoms with E-state index in [1.165, 1.54) is 0 Å². The number of rotatable bonds is 3. The van der Waals surface area contributed by atoms with Gasteiger partial charge in [-0.2, -0.15) is 10.2 Å². The van der Waals surface area contributed by atoms with Crippen molar-refractivity contribution in [3.8, 4) is 23.2 Å². The highest BCUT2D eigenvalue weighted by molar-refractivity contribution is 5.86. The van der Waals surface area contributed by atoms with Crippen LogP contribution in [0.5, 0.6) is 5.75 Å². The van der Waals surface area contributed by atoms with Crippen LogP contribution in [0, 0.1) is 18.3 Å². The van der Waals surface area contributed by atoms with E-state index in [4.69, 9.17) is 4.52 Å². The van der Waals surface area contributed by atoms with E-state index in [0.717, 1.165) is 11.1 Å². The summed E-state index contributed by atoms with van der Waals surface area (Å²) in [7, 11) is 0. The highest BCUT2D eigenvalue weighted by atomic mass is 16.5. The molecule has 3 rings (SSSR count). The largest absolute Gasteiger partial charge is 0.508 e. The Morgan fingerprint density at radius 3 is 2.70 bits per heavy atom. The van der Waals surface area contributed by atoms with Gasteiger partial charge in [-0.3, -0.25) is 0 Å².